The van der Waals surface area contributed by atoms with Gasteiger partial charge >= 0.3 is 0 Å². The Morgan fingerprint density at radius 3 is 2.82 bits per heavy atom. The summed E-state index contributed by atoms with van der Waals surface area (Å²) in [5, 5.41) is 2.07. The molecule has 4 heteroatoms. The number of hydrogen-bond donors (Lipinski definition) is 0. The summed E-state index contributed by atoms with van der Waals surface area (Å²) in [4.78, 5) is 5.52. The van der Waals surface area contributed by atoms with Crippen LogP contribution >= 0.6 is 11.3 Å². The molecule has 2 heterocycles. The maximum absolute atomic E-state index is 13.2. The highest BCUT2D eigenvalue weighted by Crippen LogP contribution is 2.27. The van der Waals surface area contributed by atoms with Gasteiger partial charge in [-0.05, 0) is 26.0 Å². The predicted molar refractivity (Wildman–Crippen MR) is 67.9 cm³/mol. The number of hydrogen-bond acceptors (Lipinski definition) is 2. The molecule has 2 aromatic heterocycles. The molecule has 2 nitrogen and oxygen atoms in total. The van der Waals surface area contributed by atoms with Crippen molar-refractivity contribution in [1.29, 1.82) is 0 Å². The number of rotatable bonds is 1. The van der Waals surface area contributed by atoms with Gasteiger partial charge < -0.3 is 0 Å². The number of fused-ring (bicyclic) bond motifs is 1. The van der Waals surface area contributed by atoms with Crippen molar-refractivity contribution in [3.8, 4) is 11.3 Å². The summed E-state index contributed by atoms with van der Waals surface area (Å²) >= 11 is 1.61. The first-order chi connectivity index (χ1) is 8.16. The van der Waals surface area contributed by atoms with Crippen molar-refractivity contribution in [2.24, 2.45) is 0 Å². The lowest BCUT2D eigenvalue weighted by molar-refractivity contribution is 0.628. The zero-order valence-electron chi connectivity index (χ0n) is 9.57. The first kappa shape index (κ1) is 10.5. The smallest absolute Gasteiger partial charge is 0.194 e. The Morgan fingerprint density at radius 2 is 2.12 bits per heavy atom. The second-order valence-corrected chi connectivity index (χ2v) is 4.89. The third-order valence-corrected chi connectivity index (χ3v) is 3.81. The van der Waals surface area contributed by atoms with Crippen molar-refractivity contribution in [3.63, 3.8) is 0 Å². The largest absolute Gasteiger partial charge is 0.292 e. The van der Waals surface area contributed by atoms with E-state index in [9.17, 15) is 4.39 Å². The molecule has 0 radical (unpaired) electrons. The predicted octanol–water partition coefficient (Wildman–Crippen LogP) is 3.82. The number of halogens is 1. The molecule has 0 aliphatic carbocycles. The molecule has 0 aliphatic heterocycles. The molecule has 0 N–H and O–H groups in total. The van der Waals surface area contributed by atoms with Gasteiger partial charge in [-0.3, -0.25) is 4.40 Å². The third-order valence-electron chi connectivity index (χ3n) is 2.86. The van der Waals surface area contributed by atoms with E-state index in [1.165, 1.54) is 12.1 Å². The lowest BCUT2D eigenvalue weighted by Crippen LogP contribution is -1.88. The van der Waals surface area contributed by atoms with E-state index in [0.29, 0.717) is 0 Å². The summed E-state index contributed by atoms with van der Waals surface area (Å²) in [7, 11) is 0. The highest BCUT2D eigenvalue weighted by atomic mass is 32.1. The molecule has 0 saturated carbocycles. The topological polar surface area (TPSA) is 17.3 Å². The molecule has 86 valence electrons. The lowest BCUT2D eigenvalue weighted by Gasteiger charge is -2.00. The highest BCUT2D eigenvalue weighted by molar-refractivity contribution is 7.15. The Bertz CT molecular complexity index is 697. The van der Waals surface area contributed by atoms with Crippen molar-refractivity contribution in [2.75, 3.05) is 0 Å². The quantitative estimate of drug-likeness (QED) is 0.638. The molecule has 0 saturated heterocycles. The van der Waals surface area contributed by atoms with Crippen LogP contribution in [0, 0.1) is 19.7 Å². The molecule has 17 heavy (non-hydrogen) atoms. The Balaban J connectivity index is 2.27. The first-order valence-corrected chi connectivity index (χ1v) is 6.24. The SMILES string of the molecule is Cc1csc2nc(-c3cccc(F)c3)c(C)n12. The molecular weight excluding hydrogens is 235 g/mol. The van der Waals surface area contributed by atoms with Crippen LogP contribution in [0.4, 0.5) is 4.39 Å². The lowest BCUT2D eigenvalue weighted by atomic mass is 10.1. The summed E-state index contributed by atoms with van der Waals surface area (Å²) in [5.41, 5.74) is 3.92. The average Bonchev–Trinajstić information content (AvgIpc) is 2.81. The Labute approximate surface area is 102 Å². The van der Waals surface area contributed by atoms with Gasteiger partial charge in [-0.1, -0.05) is 12.1 Å². The number of aromatic nitrogens is 2. The van der Waals surface area contributed by atoms with Gasteiger partial charge in [-0.25, -0.2) is 9.37 Å². The summed E-state index contributed by atoms with van der Waals surface area (Å²) in [6.45, 7) is 4.06. The first-order valence-electron chi connectivity index (χ1n) is 5.36. The van der Waals surface area contributed by atoms with E-state index in [4.69, 9.17) is 0 Å². The molecule has 0 amide bonds. The van der Waals surface area contributed by atoms with Crippen LogP contribution in [0.15, 0.2) is 29.6 Å². The minimum atomic E-state index is -0.227. The summed E-state index contributed by atoms with van der Waals surface area (Å²) in [6, 6.07) is 6.57. The summed E-state index contributed by atoms with van der Waals surface area (Å²) < 4.78 is 15.3. The summed E-state index contributed by atoms with van der Waals surface area (Å²) in [6.07, 6.45) is 0. The second-order valence-electron chi connectivity index (χ2n) is 4.05. The zero-order chi connectivity index (χ0) is 12.0. The number of imidazole rings is 1. The molecule has 1 aromatic carbocycles. The van der Waals surface area contributed by atoms with E-state index in [-0.39, 0.29) is 5.82 Å². The van der Waals surface area contributed by atoms with Gasteiger partial charge in [0.25, 0.3) is 0 Å². The minimum absolute atomic E-state index is 0.227. The van der Waals surface area contributed by atoms with Crippen LogP contribution in [0.2, 0.25) is 0 Å². The van der Waals surface area contributed by atoms with Crippen LogP contribution in [0.3, 0.4) is 0 Å². The van der Waals surface area contributed by atoms with Gasteiger partial charge in [0, 0.05) is 22.3 Å². The van der Waals surface area contributed by atoms with E-state index in [0.717, 1.165) is 27.6 Å². The maximum atomic E-state index is 13.2. The van der Waals surface area contributed by atoms with Crippen molar-refractivity contribution in [3.05, 3.63) is 46.9 Å². The molecular formula is C13H11FN2S. The fraction of sp³-hybridized carbons (Fsp3) is 0.154. The fourth-order valence-corrected chi connectivity index (χ4v) is 2.98. The second kappa shape index (κ2) is 3.67. The molecule has 0 fully saturated rings. The number of thiazole rings is 1. The van der Waals surface area contributed by atoms with E-state index in [2.05, 4.69) is 14.8 Å². The van der Waals surface area contributed by atoms with Crippen molar-refractivity contribution in [1.82, 2.24) is 9.38 Å². The van der Waals surface area contributed by atoms with Crippen LogP contribution in [0.25, 0.3) is 16.2 Å². The van der Waals surface area contributed by atoms with E-state index < -0.39 is 0 Å². The van der Waals surface area contributed by atoms with Gasteiger partial charge in [-0.2, -0.15) is 0 Å². The zero-order valence-corrected chi connectivity index (χ0v) is 10.4. The van der Waals surface area contributed by atoms with Crippen molar-refractivity contribution in [2.45, 2.75) is 13.8 Å². The molecule has 0 aliphatic rings. The number of aryl methyl sites for hydroxylation is 2. The molecule has 0 unspecified atom stereocenters. The van der Waals surface area contributed by atoms with Gasteiger partial charge in [0.05, 0.1) is 5.69 Å². The highest BCUT2D eigenvalue weighted by Gasteiger charge is 2.13. The monoisotopic (exact) mass is 246 g/mol. The third kappa shape index (κ3) is 1.56. The molecule has 0 spiro atoms. The molecule has 3 aromatic rings. The summed E-state index contributed by atoms with van der Waals surface area (Å²) in [5.74, 6) is -0.227. The minimum Gasteiger partial charge on any atom is -0.292 e. The van der Waals surface area contributed by atoms with Crippen LogP contribution in [0.5, 0.6) is 0 Å². The Kier molecular flexibility index (Phi) is 2.26. The van der Waals surface area contributed by atoms with Crippen LogP contribution in [-0.4, -0.2) is 9.38 Å². The van der Waals surface area contributed by atoms with E-state index in [1.54, 1.807) is 17.4 Å². The molecule has 3 rings (SSSR count). The van der Waals surface area contributed by atoms with Crippen molar-refractivity contribution >= 4 is 16.3 Å². The molecule has 0 atom stereocenters. The van der Waals surface area contributed by atoms with Crippen molar-refractivity contribution < 1.29 is 4.39 Å². The van der Waals surface area contributed by atoms with Gasteiger partial charge in [0.15, 0.2) is 4.96 Å². The van der Waals surface area contributed by atoms with Crippen LogP contribution < -0.4 is 0 Å². The Morgan fingerprint density at radius 1 is 1.29 bits per heavy atom. The van der Waals surface area contributed by atoms with Crippen LogP contribution in [0.1, 0.15) is 11.4 Å². The van der Waals surface area contributed by atoms with Gasteiger partial charge in [-0.15, -0.1) is 11.3 Å². The number of benzene rings is 1. The maximum Gasteiger partial charge on any atom is 0.194 e. The van der Waals surface area contributed by atoms with E-state index >= 15 is 0 Å². The van der Waals surface area contributed by atoms with Crippen LogP contribution in [-0.2, 0) is 0 Å². The molecule has 0 bridgehead atoms. The number of nitrogens with zero attached hydrogens (tertiary/aromatic N) is 2. The standard InChI is InChI=1S/C13H11FN2S/c1-8-7-17-13-15-12(9(2)16(8)13)10-4-3-5-11(14)6-10/h3-7H,1-2H3. The average molecular weight is 246 g/mol. The normalized spacial score (nSPS) is 11.2. The Hall–Kier alpha value is -1.68. The van der Waals surface area contributed by atoms with E-state index in [1.807, 2.05) is 19.9 Å². The van der Waals surface area contributed by atoms with Gasteiger partial charge in [0.2, 0.25) is 0 Å². The fourth-order valence-electron chi connectivity index (χ4n) is 2.07. The van der Waals surface area contributed by atoms with Gasteiger partial charge in [0.1, 0.15) is 5.82 Å².